The Hall–Kier alpha value is 0.0506. The molecule has 2 saturated carbocycles. The third-order valence-electron chi connectivity index (χ3n) is 7.36. The van der Waals surface area contributed by atoms with Crippen LogP contribution < -0.4 is 0 Å². The van der Waals surface area contributed by atoms with Crippen molar-refractivity contribution in [2.45, 2.75) is 76.0 Å². The van der Waals surface area contributed by atoms with Gasteiger partial charge in [0.1, 0.15) is 0 Å². The first-order valence-corrected chi connectivity index (χ1v) is 19.1. The van der Waals surface area contributed by atoms with Gasteiger partial charge in [0.05, 0.1) is 0 Å². The molecular weight excluding hydrogens is 356 g/mol. The topological polar surface area (TPSA) is 18.5 Å². The van der Waals surface area contributed by atoms with Crippen LogP contribution in [0.5, 0.6) is 0 Å². The molecule has 0 amide bonds. The standard InChI is InChI=1S/C20H36O2Si3/c1-23(2,19-13-15-7-9-17(19)11-15)21-25(5,6)22-24(3,4)20-14-16-8-10-18(20)12-16/h7-10,15-20H,11-14H2,1-6H3. The summed E-state index contributed by atoms with van der Waals surface area (Å²) in [5.41, 5.74) is 1.60. The average molecular weight is 393 g/mol. The molecule has 6 unspecified atom stereocenters. The number of allylic oxidation sites excluding steroid dienone is 4. The van der Waals surface area contributed by atoms with Crippen LogP contribution in [0.4, 0.5) is 0 Å². The van der Waals surface area contributed by atoms with E-state index in [0.717, 1.165) is 34.8 Å². The maximum absolute atomic E-state index is 6.98. The van der Waals surface area contributed by atoms with Crippen molar-refractivity contribution >= 4 is 25.2 Å². The van der Waals surface area contributed by atoms with Gasteiger partial charge in [0.15, 0.2) is 16.6 Å². The van der Waals surface area contributed by atoms with Gasteiger partial charge in [0.25, 0.3) is 0 Å². The van der Waals surface area contributed by atoms with Crippen LogP contribution in [0.2, 0.25) is 50.4 Å². The smallest absolute Gasteiger partial charge is 0.311 e. The highest BCUT2D eigenvalue weighted by molar-refractivity contribution is 6.88. The average Bonchev–Trinajstić information content (AvgIpc) is 3.25. The first kappa shape index (κ1) is 18.4. The second-order valence-corrected chi connectivity index (χ2v) is 22.9. The van der Waals surface area contributed by atoms with Crippen LogP contribution in [0.3, 0.4) is 0 Å². The summed E-state index contributed by atoms with van der Waals surface area (Å²) < 4.78 is 14.0. The summed E-state index contributed by atoms with van der Waals surface area (Å²) in [7, 11) is -5.53. The minimum Gasteiger partial charge on any atom is -0.436 e. The lowest BCUT2D eigenvalue weighted by Crippen LogP contribution is -2.55. The molecule has 140 valence electrons. The van der Waals surface area contributed by atoms with Crippen molar-refractivity contribution in [2.24, 2.45) is 23.7 Å². The van der Waals surface area contributed by atoms with Crippen LogP contribution in [0.15, 0.2) is 24.3 Å². The summed E-state index contributed by atoms with van der Waals surface area (Å²) in [6.07, 6.45) is 15.3. The van der Waals surface area contributed by atoms with Gasteiger partial charge in [-0.2, -0.15) is 0 Å². The van der Waals surface area contributed by atoms with Crippen molar-refractivity contribution in [2.75, 3.05) is 0 Å². The Morgan fingerprint density at radius 3 is 1.28 bits per heavy atom. The highest BCUT2D eigenvalue weighted by Crippen LogP contribution is 2.54. The van der Waals surface area contributed by atoms with E-state index >= 15 is 0 Å². The summed E-state index contributed by atoms with van der Waals surface area (Å²) >= 11 is 0. The van der Waals surface area contributed by atoms with Crippen molar-refractivity contribution in [3.63, 3.8) is 0 Å². The Morgan fingerprint density at radius 2 is 1.00 bits per heavy atom. The van der Waals surface area contributed by atoms with E-state index < -0.39 is 25.2 Å². The first-order chi connectivity index (χ1) is 11.6. The minimum absolute atomic E-state index is 0.789. The predicted molar refractivity (Wildman–Crippen MR) is 113 cm³/mol. The fourth-order valence-electron chi connectivity index (χ4n) is 6.60. The number of rotatable bonds is 6. The molecule has 4 bridgehead atoms. The van der Waals surface area contributed by atoms with Gasteiger partial charge in [-0.1, -0.05) is 24.3 Å². The van der Waals surface area contributed by atoms with Crippen LogP contribution in [0, 0.1) is 23.7 Å². The highest BCUT2D eigenvalue weighted by Gasteiger charge is 2.52. The largest absolute Gasteiger partial charge is 0.436 e. The Kier molecular flexibility index (Phi) is 4.44. The summed E-state index contributed by atoms with van der Waals surface area (Å²) in [6.45, 7) is 14.5. The molecule has 0 heterocycles. The lowest BCUT2D eigenvalue weighted by atomic mass is 10.1. The third-order valence-corrected chi connectivity index (χ3v) is 20.4. The fraction of sp³-hybridized carbons (Fsp3) is 0.800. The Bertz CT molecular complexity index is 546. The van der Waals surface area contributed by atoms with E-state index in [-0.39, 0.29) is 0 Å². The van der Waals surface area contributed by atoms with E-state index in [4.69, 9.17) is 8.23 Å². The molecule has 0 saturated heterocycles. The molecule has 4 aliphatic carbocycles. The Balaban J connectivity index is 1.42. The van der Waals surface area contributed by atoms with Crippen molar-refractivity contribution in [1.29, 1.82) is 0 Å². The molecule has 25 heavy (non-hydrogen) atoms. The molecule has 0 aliphatic heterocycles. The van der Waals surface area contributed by atoms with E-state index in [2.05, 4.69) is 63.6 Å². The summed E-state index contributed by atoms with van der Waals surface area (Å²) in [6, 6.07) is 0. The zero-order valence-corrected chi connectivity index (χ0v) is 19.9. The van der Waals surface area contributed by atoms with Gasteiger partial charge in [-0.25, -0.2) is 0 Å². The molecule has 0 aromatic rings. The van der Waals surface area contributed by atoms with E-state index in [1.54, 1.807) is 0 Å². The quantitative estimate of drug-likeness (QED) is 0.404. The van der Waals surface area contributed by atoms with Gasteiger partial charge in [-0.15, -0.1) is 0 Å². The molecule has 0 spiro atoms. The van der Waals surface area contributed by atoms with Gasteiger partial charge in [0, 0.05) is 0 Å². The zero-order valence-electron chi connectivity index (χ0n) is 16.9. The van der Waals surface area contributed by atoms with Crippen molar-refractivity contribution in [1.82, 2.24) is 0 Å². The lowest BCUT2D eigenvalue weighted by molar-refractivity contribution is 0.365. The maximum Gasteiger partial charge on any atom is 0.311 e. The van der Waals surface area contributed by atoms with E-state index in [1.807, 2.05) is 0 Å². The normalized spacial score (nSPS) is 39.8. The van der Waals surface area contributed by atoms with Gasteiger partial charge in [0.2, 0.25) is 0 Å². The fourth-order valence-corrected chi connectivity index (χ4v) is 22.8. The highest BCUT2D eigenvalue weighted by atomic mass is 28.5. The van der Waals surface area contributed by atoms with Gasteiger partial charge in [-0.05, 0) is 99.7 Å². The summed E-state index contributed by atoms with van der Waals surface area (Å²) in [5.74, 6) is 3.25. The monoisotopic (exact) mass is 392 g/mol. The van der Waals surface area contributed by atoms with Crippen molar-refractivity contribution < 1.29 is 8.23 Å². The first-order valence-electron chi connectivity index (χ1n) is 10.3. The zero-order chi connectivity index (χ0) is 18.0. The SMILES string of the molecule is C[Si](C)(O[Si](C)(C)C1CC2C=CC1C2)O[Si](C)(C)C1CC2C=CC1C2. The van der Waals surface area contributed by atoms with E-state index in [0.29, 0.717) is 0 Å². The molecule has 0 N–H and O–H groups in total. The van der Waals surface area contributed by atoms with Crippen LogP contribution in [-0.2, 0) is 8.23 Å². The molecule has 4 rings (SSSR count). The second-order valence-electron chi connectivity index (χ2n) is 10.6. The Labute approximate surface area is 157 Å². The van der Waals surface area contributed by atoms with Crippen LogP contribution >= 0.6 is 0 Å². The molecule has 2 nitrogen and oxygen atoms in total. The summed E-state index contributed by atoms with van der Waals surface area (Å²) in [5, 5.41) is 0. The molecule has 6 atom stereocenters. The van der Waals surface area contributed by atoms with Crippen LogP contribution in [0.1, 0.15) is 25.7 Å². The lowest BCUT2D eigenvalue weighted by Gasteiger charge is -2.44. The van der Waals surface area contributed by atoms with Gasteiger partial charge < -0.3 is 8.23 Å². The van der Waals surface area contributed by atoms with Crippen molar-refractivity contribution in [3.8, 4) is 0 Å². The van der Waals surface area contributed by atoms with E-state index in [1.165, 1.54) is 25.7 Å². The Morgan fingerprint density at radius 1 is 0.600 bits per heavy atom. The van der Waals surface area contributed by atoms with Crippen molar-refractivity contribution in [3.05, 3.63) is 24.3 Å². The molecular formula is C20H36O2Si3. The third kappa shape index (κ3) is 3.47. The molecule has 4 aliphatic rings. The second kappa shape index (κ2) is 6.03. The maximum atomic E-state index is 6.98. The minimum atomic E-state index is -2.09. The number of hydrogen-bond acceptors (Lipinski definition) is 2. The van der Waals surface area contributed by atoms with Gasteiger partial charge in [-0.3, -0.25) is 0 Å². The van der Waals surface area contributed by atoms with Gasteiger partial charge >= 0.3 is 8.56 Å². The molecule has 0 aromatic carbocycles. The molecule has 0 radical (unpaired) electrons. The van der Waals surface area contributed by atoms with Crippen LogP contribution in [0.25, 0.3) is 0 Å². The molecule has 5 heteroatoms. The number of fused-ring (bicyclic) bond motifs is 4. The molecule has 0 aromatic heterocycles. The number of hydrogen-bond donors (Lipinski definition) is 0. The van der Waals surface area contributed by atoms with Crippen LogP contribution in [-0.4, -0.2) is 25.2 Å². The summed E-state index contributed by atoms with van der Waals surface area (Å²) in [4.78, 5) is 0. The molecule has 2 fully saturated rings. The van der Waals surface area contributed by atoms with E-state index in [9.17, 15) is 0 Å². The predicted octanol–water partition coefficient (Wildman–Crippen LogP) is 6.06.